The van der Waals surface area contributed by atoms with Crippen molar-refractivity contribution in [1.29, 1.82) is 0 Å². The molecule has 0 aromatic heterocycles. The fourth-order valence-electron chi connectivity index (χ4n) is 1.26. The maximum atomic E-state index is 11.0. The quantitative estimate of drug-likeness (QED) is 0.619. The average Bonchev–Trinajstić information content (AvgIpc) is 2.17. The summed E-state index contributed by atoms with van der Waals surface area (Å²) in [6.07, 6.45) is 0.604. The first-order valence-electron chi connectivity index (χ1n) is 4.99. The van der Waals surface area contributed by atoms with Crippen molar-refractivity contribution in [3.63, 3.8) is 0 Å². The van der Waals surface area contributed by atoms with Crippen molar-refractivity contribution in [1.82, 2.24) is 5.32 Å². The number of rotatable bonds is 8. The van der Waals surface area contributed by atoms with E-state index in [2.05, 4.69) is 5.32 Å². The molecule has 0 saturated carbocycles. The van der Waals surface area contributed by atoms with E-state index in [4.69, 9.17) is 9.84 Å². The molecule has 0 bridgehead atoms. The zero-order chi connectivity index (χ0) is 11.9. The molecule has 90 valence electrons. The molecule has 0 saturated heterocycles. The SMILES string of the molecule is CNC(C)(CC(C)SCCOC)C(=O)O. The Morgan fingerprint density at radius 2 is 2.27 bits per heavy atom. The van der Waals surface area contributed by atoms with Crippen LogP contribution < -0.4 is 5.32 Å². The van der Waals surface area contributed by atoms with Crippen LogP contribution in [0, 0.1) is 0 Å². The number of methoxy groups -OCH3 is 1. The lowest BCUT2D eigenvalue weighted by molar-refractivity contribution is -0.144. The number of carboxylic acid groups (broad SMARTS) is 1. The van der Waals surface area contributed by atoms with Crippen molar-refractivity contribution in [3.05, 3.63) is 0 Å². The molecule has 0 heterocycles. The molecule has 5 heteroatoms. The minimum absolute atomic E-state index is 0.300. The number of ether oxygens (including phenoxy) is 1. The maximum Gasteiger partial charge on any atom is 0.323 e. The van der Waals surface area contributed by atoms with E-state index >= 15 is 0 Å². The van der Waals surface area contributed by atoms with Gasteiger partial charge in [0.2, 0.25) is 0 Å². The van der Waals surface area contributed by atoms with Crippen LogP contribution in [0.3, 0.4) is 0 Å². The standard InChI is InChI=1S/C10H21NO3S/c1-8(15-6-5-14-4)7-10(2,11-3)9(12)13/h8,11H,5-7H2,1-4H3,(H,12,13). The second-order valence-electron chi connectivity index (χ2n) is 3.77. The highest BCUT2D eigenvalue weighted by molar-refractivity contribution is 7.99. The molecule has 0 fully saturated rings. The number of hydrogen-bond acceptors (Lipinski definition) is 4. The van der Waals surface area contributed by atoms with Crippen LogP contribution in [-0.4, -0.2) is 48.4 Å². The van der Waals surface area contributed by atoms with E-state index in [9.17, 15) is 4.79 Å². The predicted molar refractivity (Wildman–Crippen MR) is 63.5 cm³/mol. The van der Waals surface area contributed by atoms with Gasteiger partial charge < -0.3 is 15.2 Å². The number of carboxylic acids is 1. The van der Waals surface area contributed by atoms with Gasteiger partial charge in [0.1, 0.15) is 5.54 Å². The van der Waals surface area contributed by atoms with Crippen LogP contribution in [0.15, 0.2) is 0 Å². The summed E-state index contributed by atoms with van der Waals surface area (Å²) in [4.78, 5) is 11.0. The summed E-state index contributed by atoms with van der Waals surface area (Å²) in [5.74, 6) is 0.0982. The Morgan fingerprint density at radius 3 is 2.67 bits per heavy atom. The highest BCUT2D eigenvalue weighted by Gasteiger charge is 2.32. The molecule has 2 unspecified atom stereocenters. The van der Waals surface area contributed by atoms with Gasteiger partial charge in [0.15, 0.2) is 0 Å². The number of aliphatic carboxylic acids is 1. The van der Waals surface area contributed by atoms with Crippen LogP contribution in [-0.2, 0) is 9.53 Å². The van der Waals surface area contributed by atoms with Crippen LogP contribution in [0.4, 0.5) is 0 Å². The Morgan fingerprint density at radius 1 is 1.67 bits per heavy atom. The number of carbonyl (C=O) groups is 1. The molecular formula is C10H21NO3S. The second kappa shape index (κ2) is 7.09. The summed E-state index contributed by atoms with van der Waals surface area (Å²) in [7, 11) is 3.35. The van der Waals surface area contributed by atoms with Gasteiger partial charge in [0, 0.05) is 18.1 Å². The molecule has 2 atom stereocenters. The molecule has 0 aromatic rings. The molecule has 2 N–H and O–H groups in total. The molecule has 0 amide bonds. The van der Waals surface area contributed by atoms with Crippen molar-refractivity contribution in [2.24, 2.45) is 0 Å². The highest BCUT2D eigenvalue weighted by Crippen LogP contribution is 2.21. The Labute approximate surface area is 95.8 Å². The summed E-state index contributed by atoms with van der Waals surface area (Å²) in [6, 6.07) is 0. The first-order valence-corrected chi connectivity index (χ1v) is 6.04. The van der Waals surface area contributed by atoms with E-state index in [-0.39, 0.29) is 0 Å². The van der Waals surface area contributed by atoms with Crippen molar-refractivity contribution in [2.45, 2.75) is 31.1 Å². The van der Waals surface area contributed by atoms with E-state index in [0.717, 1.165) is 5.75 Å². The minimum Gasteiger partial charge on any atom is -0.480 e. The molecule has 0 rings (SSSR count). The van der Waals surface area contributed by atoms with Crippen LogP contribution in [0.25, 0.3) is 0 Å². The molecule has 0 aliphatic rings. The summed E-state index contributed by atoms with van der Waals surface area (Å²) >= 11 is 1.73. The van der Waals surface area contributed by atoms with Gasteiger partial charge >= 0.3 is 5.97 Å². The lowest BCUT2D eigenvalue weighted by Crippen LogP contribution is -2.49. The van der Waals surface area contributed by atoms with Crippen molar-refractivity contribution >= 4 is 17.7 Å². The predicted octanol–water partition coefficient (Wildman–Crippen LogP) is 1.21. The summed E-state index contributed by atoms with van der Waals surface area (Å²) < 4.78 is 4.94. The molecule has 15 heavy (non-hydrogen) atoms. The lowest BCUT2D eigenvalue weighted by Gasteiger charge is -2.27. The van der Waals surface area contributed by atoms with E-state index in [1.54, 1.807) is 32.8 Å². The first-order chi connectivity index (χ1) is 6.96. The topological polar surface area (TPSA) is 58.6 Å². The van der Waals surface area contributed by atoms with E-state index in [1.165, 1.54) is 0 Å². The van der Waals surface area contributed by atoms with E-state index in [1.807, 2.05) is 6.92 Å². The van der Waals surface area contributed by atoms with Gasteiger partial charge in [0.25, 0.3) is 0 Å². The Hall–Kier alpha value is -0.260. The van der Waals surface area contributed by atoms with E-state index in [0.29, 0.717) is 18.3 Å². The summed E-state index contributed by atoms with van der Waals surface area (Å²) in [6.45, 7) is 4.46. The first kappa shape index (κ1) is 14.7. The molecular weight excluding hydrogens is 214 g/mol. The monoisotopic (exact) mass is 235 g/mol. The van der Waals surface area contributed by atoms with Gasteiger partial charge in [-0.1, -0.05) is 6.92 Å². The summed E-state index contributed by atoms with van der Waals surface area (Å²) in [5.41, 5.74) is -0.834. The van der Waals surface area contributed by atoms with Gasteiger partial charge in [-0.3, -0.25) is 4.79 Å². The zero-order valence-electron chi connectivity index (χ0n) is 9.87. The Kier molecular flexibility index (Phi) is 6.96. The zero-order valence-corrected chi connectivity index (χ0v) is 10.7. The molecule has 0 spiro atoms. The number of nitrogens with one attached hydrogen (secondary N) is 1. The van der Waals surface area contributed by atoms with Gasteiger partial charge in [0.05, 0.1) is 6.61 Å². The van der Waals surface area contributed by atoms with Gasteiger partial charge in [-0.05, 0) is 20.4 Å². The number of likely N-dealkylation sites (N-methyl/N-ethyl adjacent to an activating group) is 1. The third-order valence-corrected chi connectivity index (χ3v) is 3.55. The fraction of sp³-hybridized carbons (Fsp3) is 0.900. The average molecular weight is 235 g/mol. The minimum atomic E-state index is -0.834. The number of thioether (sulfide) groups is 1. The van der Waals surface area contributed by atoms with Crippen molar-refractivity contribution < 1.29 is 14.6 Å². The normalized spacial score (nSPS) is 17.1. The Balaban J connectivity index is 4.01. The molecule has 0 aliphatic heterocycles. The van der Waals surface area contributed by atoms with E-state index < -0.39 is 11.5 Å². The number of hydrogen-bond donors (Lipinski definition) is 2. The molecule has 0 radical (unpaired) electrons. The third kappa shape index (κ3) is 5.39. The van der Waals surface area contributed by atoms with Gasteiger partial charge in [-0.15, -0.1) is 0 Å². The van der Waals surface area contributed by atoms with Gasteiger partial charge in [-0.2, -0.15) is 11.8 Å². The maximum absolute atomic E-state index is 11.0. The molecule has 0 aliphatic carbocycles. The lowest BCUT2D eigenvalue weighted by atomic mass is 9.97. The van der Waals surface area contributed by atoms with Crippen LogP contribution >= 0.6 is 11.8 Å². The third-order valence-electron chi connectivity index (χ3n) is 2.41. The molecule has 4 nitrogen and oxygen atoms in total. The molecule has 0 aromatic carbocycles. The fourth-order valence-corrected chi connectivity index (χ4v) is 2.38. The van der Waals surface area contributed by atoms with Crippen LogP contribution in [0.2, 0.25) is 0 Å². The summed E-state index contributed by atoms with van der Waals surface area (Å²) in [5, 5.41) is 12.2. The van der Waals surface area contributed by atoms with Crippen LogP contribution in [0.1, 0.15) is 20.3 Å². The largest absolute Gasteiger partial charge is 0.480 e. The smallest absolute Gasteiger partial charge is 0.323 e. The van der Waals surface area contributed by atoms with Crippen molar-refractivity contribution in [2.75, 3.05) is 26.5 Å². The van der Waals surface area contributed by atoms with Gasteiger partial charge in [-0.25, -0.2) is 0 Å². The van der Waals surface area contributed by atoms with Crippen molar-refractivity contribution in [3.8, 4) is 0 Å². The highest BCUT2D eigenvalue weighted by atomic mass is 32.2. The Bertz CT molecular complexity index is 201. The van der Waals surface area contributed by atoms with Crippen LogP contribution in [0.5, 0.6) is 0 Å². The second-order valence-corrected chi connectivity index (χ2v) is 5.31.